The molecular formula is C34H50O12. The Kier molecular flexibility index (Phi) is 13.4. The van der Waals surface area contributed by atoms with Crippen molar-refractivity contribution in [2.75, 3.05) is 27.4 Å². The predicted molar refractivity (Wildman–Crippen MR) is 162 cm³/mol. The van der Waals surface area contributed by atoms with Gasteiger partial charge in [0.1, 0.15) is 6.10 Å². The molecule has 0 aromatic heterocycles. The van der Waals surface area contributed by atoms with Gasteiger partial charge in [-0.2, -0.15) is 0 Å². The van der Waals surface area contributed by atoms with E-state index in [9.17, 15) is 34.2 Å². The molecule has 0 amide bonds. The second kappa shape index (κ2) is 17.2. The number of carboxylic acid groups (broad SMARTS) is 2. The normalized spacial score (nSPS) is 30.1. The number of carboxylic acids is 2. The number of aliphatic carboxylic acids is 2. The molecule has 0 aromatic carbocycles. The first-order valence-corrected chi connectivity index (χ1v) is 16.8. The standard InChI is InChI=1S/2C13H20O5.C8H10O2/c2*1-17-12(14)7-10(13(15)16)9-4-5-18-11(6-9)8-2-3-8;9-7-3-4-10-8(5-7)6-1-2-6/h2*8-11H,2-7H2,1H3,(H,15,16);3-4,6,8H,1-2,5H2/t9-,10-,11+;9-,10-,11-;/m11./s1. The van der Waals surface area contributed by atoms with Crippen LogP contribution in [0.5, 0.6) is 0 Å². The first kappa shape index (κ1) is 35.9. The van der Waals surface area contributed by atoms with Gasteiger partial charge in [0.15, 0.2) is 5.78 Å². The molecule has 6 aliphatic rings. The fourth-order valence-electron chi connectivity index (χ4n) is 6.75. The molecule has 3 saturated carbocycles. The third-order valence-corrected chi connectivity index (χ3v) is 10.1. The van der Waals surface area contributed by atoms with Crippen molar-refractivity contribution in [3.8, 4) is 0 Å². The molecule has 1 unspecified atom stereocenters. The summed E-state index contributed by atoms with van der Waals surface area (Å²) in [4.78, 5) is 56.0. The fourth-order valence-corrected chi connectivity index (χ4v) is 6.75. The number of methoxy groups -OCH3 is 2. The van der Waals surface area contributed by atoms with Crippen molar-refractivity contribution >= 4 is 29.7 Å². The van der Waals surface area contributed by atoms with Crippen molar-refractivity contribution in [3.05, 3.63) is 12.3 Å². The van der Waals surface area contributed by atoms with Gasteiger partial charge in [-0.25, -0.2) is 0 Å². The van der Waals surface area contributed by atoms with Crippen LogP contribution in [0.3, 0.4) is 0 Å². The highest BCUT2D eigenvalue weighted by Gasteiger charge is 2.42. The lowest BCUT2D eigenvalue weighted by Crippen LogP contribution is -2.35. The van der Waals surface area contributed by atoms with E-state index in [0.29, 0.717) is 37.4 Å². The van der Waals surface area contributed by atoms with E-state index in [0.717, 1.165) is 25.7 Å². The highest BCUT2D eigenvalue weighted by atomic mass is 16.5. The summed E-state index contributed by atoms with van der Waals surface area (Å²) in [6.45, 7) is 1.22. The zero-order chi connectivity index (χ0) is 33.2. The van der Waals surface area contributed by atoms with Gasteiger partial charge < -0.3 is 33.9 Å². The summed E-state index contributed by atoms with van der Waals surface area (Å²) < 4.78 is 25.8. The molecule has 2 N–H and O–H groups in total. The minimum Gasteiger partial charge on any atom is -0.497 e. The minimum absolute atomic E-state index is 0.0287. The molecule has 12 heteroatoms. The Morgan fingerprint density at radius 3 is 1.48 bits per heavy atom. The quantitative estimate of drug-likeness (QED) is 0.306. The van der Waals surface area contributed by atoms with E-state index in [1.165, 1.54) is 65.1 Å². The first-order chi connectivity index (χ1) is 22.1. The van der Waals surface area contributed by atoms with Crippen LogP contribution in [0.25, 0.3) is 0 Å². The third kappa shape index (κ3) is 11.4. The van der Waals surface area contributed by atoms with Gasteiger partial charge in [0, 0.05) is 25.7 Å². The van der Waals surface area contributed by atoms with Crippen LogP contribution in [-0.4, -0.2) is 85.6 Å². The molecule has 0 radical (unpaired) electrons. The molecule has 7 atom stereocenters. The number of ketones is 1. The van der Waals surface area contributed by atoms with Crippen molar-refractivity contribution in [3.63, 3.8) is 0 Å². The summed E-state index contributed by atoms with van der Waals surface area (Å²) >= 11 is 0. The molecule has 3 aliphatic carbocycles. The number of rotatable bonds is 11. The van der Waals surface area contributed by atoms with Crippen LogP contribution in [0, 0.1) is 41.4 Å². The van der Waals surface area contributed by atoms with Crippen LogP contribution in [0.4, 0.5) is 0 Å². The summed E-state index contributed by atoms with van der Waals surface area (Å²) in [6.07, 6.45) is 14.4. The van der Waals surface area contributed by atoms with Crippen molar-refractivity contribution < 1.29 is 57.9 Å². The Balaban J connectivity index is 0.000000163. The first-order valence-electron chi connectivity index (χ1n) is 16.8. The maximum atomic E-state index is 11.3. The second-order valence-electron chi connectivity index (χ2n) is 13.5. The molecule has 0 aromatic rings. The summed E-state index contributed by atoms with van der Waals surface area (Å²) in [6, 6.07) is 0. The van der Waals surface area contributed by atoms with Crippen LogP contribution < -0.4 is 0 Å². The zero-order valence-electron chi connectivity index (χ0n) is 27.0. The Morgan fingerprint density at radius 1 is 0.717 bits per heavy atom. The van der Waals surface area contributed by atoms with E-state index in [4.69, 9.17) is 14.2 Å². The van der Waals surface area contributed by atoms with Gasteiger partial charge in [0.2, 0.25) is 0 Å². The van der Waals surface area contributed by atoms with E-state index >= 15 is 0 Å². The predicted octanol–water partition coefficient (Wildman–Crippen LogP) is 4.18. The lowest BCUT2D eigenvalue weighted by molar-refractivity contribution is -0.154. The van der Waals surface area contributed by atoms with Gasteiger partial charge in [0.25, 0.3) is 0 Å². The average Bonchev–Trinajstić information content (AvgIpc) is 3.91. The molecule has 6 rings (SSSR count). The number of allylic oxidation sites excluding steroid dienone is 1. The molecule has 12 nitrogen and oxygen atoms in total. The molecular weight excluding hydrogens is 600 g/mol. The number of carbonyl (C=O) groups excluding carboxylic acids is 3. The number of esters is 2. The SMILES string of the molecule is COC(=O)C[C@@H](C(=O)O)[C@@H]1CCO[C@@H](C2CC2)C1.COC(=O)C[C@@H](C(=O)O)[C@@H]1CCO[C@H](C2CC2)C1.O=C1C=COC(C2CC2)C1. The lowest BCUT2D eigenvalue weighted by Gasteiger charge is -2.32. The fraction of sp³-hybridized carbons (Fsp3) is 0.794. The van der Waals surface area contributed by atoms with Crippen LogP contribution in [0.1, 0.15) is 83.5 Å². The van der Waals surface area contributed by atoms with Gasteiger partial charge in [-0.15, -0.1) is 0 Å². The van der Waals surface area contributed by atoms with Gasteiger partial charge in [-0.3, -0.25) is 24.0 Å². The van der Waals surface area contributed by atoms with Crippen LogP contribution in [0.15, 0.2) is 12.3 Å². The van der Waals surface area contributed by atoms with Crippen LogP contribution in [0.2, 0.25) is 0 Å². The summed E-state index contributed by atoms with van der Waals surface area (Å²) in [7, 11) is 2.58. The molecule has 0 spiro atoms. The molecule has 46 heavy (non-hydrogen) atoms. The Hall–Kier alpha value is -2.99. The molecule has 5 fully saturated rings. The lowest BCUT2D eigenvalue weighted by atomic mass is 9.81. The summed E-state index contributed by atoms with van der Waals surface area (Å²) in [5, 5.41) is 18.5. The molecule has 258 valence electrons. The molecule has 3 heterocycles. The van der Waals surface area contributed by atoms with E-state index in [-0.39, 0.29) is 48.8 Å². The topological polar surface area (TPSA) is 172 Å². The van der Waals surface area contributed by atoms with Crippen LogP contribution in [-0.2, 0) is 47.7 Å². The minimum atomic E-state index is -0.901. The van der Waals surface area contributed by atoms with Gasteiger partial charge in [-0.1, -0.05) is 0 Å². The molecule has 3 aliphatic heterocycles. The number of hydrogen-bond acceptors (Lipinski definition) is 10. The Morgan fingerprint density at radius 2 is 1.13 bits per heavy atom. The Labute approximate surface area is 270 Å². The zero-order valence-corrected chi connectivity index (χ0v) is 27.0. The van der Waals surface area contributed by atoms with Crippen molar-refractivity contribution in [2.24, 2.45) is 41.4 Å². The van der Waals surface area contributed by atoms with Crippen molar-refractivity contribution in [2.45, 2.75) is 102 Å². The monoisotopic (exact) mass is 650 g/mol. The number of ether oxygens (including phenoxy) is 5. The molecule has 0 bridgehead atoms. The number of hydrogen-bond donors (Lipinski definition) is 2. The molecule has 2 saturated heterocycles. The Bertz CT molecular complexity index is 1030. The van der Waals surface area contributed by atoms with Gasteiger partial charge >= 0.3 is 23.9 Å². The average molecular weight is 651 g/mol. The van der Waals surface area contributed by atoms with Gasteiger partial charge in [-0.05, 0) is 93.8 Å². The van der Waals surface area contributed by atoms with Crippen LogP contribution >= 0.6 is 0 Å². The maximum absolute atomic E-state index is 11.3. The highest BCUT2D eigenvalue weighted by molar-refractivity contribution is 5.90. The highest BCUT2D eigenvalue weighted by Crippen LogP contribution is 2.43. The van der Waals surface area contributed by atoms with Gasteiger partial charge in [0.05, 0.1) is 57.4 Å². The van der Waals surface area contributed by atoms with E-state index in [2.05, 4.69) is 9.47 Å². The van der Waals surface area contributed by atoms with Crippen molar-refractivity contribution in [1.82, 2.24) is 0 Å². The van der Waals surface area contributed by atoms with E-state index < -0.39 is 35.7 Å². The van der Waals surface area contributed by atoms with Crippen molar-refractivity contribution in [1.29, 1.82) is 0 Å². The summed E-state index contributed by atoms with van der Waals surface area (Å²) in [5.41, 5.74) is 0. The third-order valence-electron chi connectivity index (χ3n) is 10.1. The smallest absolute Gasteiger partial charge is 0.307 e. The second-order valence-corrected chi connectivity index (χ2v) is 13.5. The maximum Gasteiger partial charge on any atom is 0.307 e. The van der Waals surface area contributed by atoms with E-state index in [1.807, 2.05) is 0 Å². The number of carbonyl (C=O) groups is 5. The summed E-state index contributed by atoms with van der Waals surface area (Å²) in [5.74, 6) is -1.80. The largest absolute Gasteiger partial charge is 0.497 e. The van der Waals surface area contributed by atoms with E-state index in [1.54, 1.807) is 0 Å².